The first-order chi connectivity index (χ1) is 12.9. The molecule has 5 aliphatic heterocycles. The van der Waals surface area contributed by atoms with Gasteiger partial charge in [-0.3, -0.25) is 9.80 Å². The molecule has 136 valence electrons. The third kappa shape index (κ3) is 2.21. The van der Waals surface area contributed by atoms with Crippen LogP contribution in [0.15, 0.2) is 30.7 Å². The van der Waals surface area contributed by atoms with Gasteiger partial charge in [0.2, 0.25) is 6.79 Å². The van der Waals surface area contributed by atoms with E-state index in [4.69, 9.17) is 9.47 Å². The summed E-state index contributed by atoms with van der Waals surface area (Å²) in [5, 5.41) is 0. The Morgan fingerprint density at radius 2 is 2.00 bits per heavy atom. The maximum absolute atomic E-state index is 5.65. The van der Waals surface area contributed by atoms with Gasteiger partial charge in [0.15, 0.2) is 11.5 Å². The molecule has 0 radical (unpaired) electrons. The van der Waals surface area contributed by atoms with Crippen LogP contribution < -0.4 is 9.47 Å². The molecule has 7 rings (SSSR count). The average Bonchev–Trinajstić information content (AvgIpc) is 3.43. The quantitative estimate of drug-likeness (QED) is 0.918. The second-order valence-corrected chi connectivity index (χ2v) is 8.08. The first-order valence-electron chi connectivity index (χ1n) is 9.72. The van der Waals surface area contributed by atoms with Crippen molar-refractivity contribution in [2.45, 2.75) is 37.4 Å². The number of fused-ring (bicyclic) bond motifs is 3. The molecule has 1 aromatic heterocycles. The van der Waals surface area contributed by atoms with Gasteiger partial charge in [0.1, 0.15) is 0 Å². The van der Waals surface area contributed by atoms with Gasteiger partial charge >= 0.3 is 0 Å². The van der Waals surface area contributed by atoms with Crippen LogP contribution in [0.5, 0.6) is 11.5 Å². The maximum atomic E-state index is 5.65. The van der Waals surface area contributed by atoms with Gasteiger partial charge in [-0.05, 0) is 49.5 Å². The van der Waals surface area contributed by atoms with Crippen molar-refractivity contribution in [2.75, 3.05) is 26.4 Å². The molecule has 6 nitrogen and oxygen atoms in total. The molecular weight excluding hydrogens is 328 g/mol. The standard InChI is InChI=1S/C20H24N4O2/c1-2-17-18(26-12-25-17)7-14(1)16-10-24(9-15-8-21-11-22-15)19-13-3-5-23(6-4-13)20(16)19/h1-2,7-8,11,13,16,19-20H,3-6,9-10,12H2,(H,21,22)/t16-,19+,20+/m0/s1. The van der Waals surface area contributed by atoms with E-state index in [2.05, 4.69) is 38.0 Å². The van der Waals surface area contributed by atoms with Crippen molar-refractivity contribution in [3.8, 4) is 11.5 Å². The highest BCUT2D eigenvalue weighted by Gasteiger charge is 2.53. The van der Waals surface area contributed by atoms with Crippen molar-refractivity contribution in [1.82, 2.24) is 19.8 Å². The molecule has 5 aliphatic rings. The summed E-state index contributed by atoms with van der Waals surface area (Å²) in [6, 6.07) is 7.81. The lowest BCUT2D eigenvalue weighted by Crippen LogP contribution is -2.59. The number of hydrogen-bond donors (Lipinski definition) is 1. The number of aromatic amines is 1. The molecule has 1 aromatic carbocycles. The van der Waals surface area contributed by atoms with E-state index in [1.807, 2.05) is 6.20 Å². The zero-order valence-corrected chi connectivity index (χ0v) is 14.8. The highest BCUT2D eigenvalue weighted by atomic mass is 16.7. The summed E-state index contributed by atoms with van der Waals surface area (Å²) in [6.45, 7) is 4.92. The Hall–Kier alpha value is -2.05. The summed E-state index contributed by atoms with van der Waals surface area (Å²) >= 11 is 0. The molecule has 6 heteroatoms. The first-order valence-corrected chi connectivity index (χ1v) is 9.72. The van der Waals surface area contributed by atoms with Crippen LogP contribution in [0.2, 0.25) is 0 Å². The SMILES string of the molecule is c1ncc(CN2C[C@@H](c3ccc4c(c3)OCO4)[C@@H]3[C@H]2C2CCN3CC2)[nH]1. The van der Waals surface area contributed by atoms with E-state index in [0.717, 1.165) is 30.5 Å². The van der Waals surface area contributed by atoms with Gasteiger partial charge in [-0.15, -0.1) is 0 Å². The van der Waals surface area contributed by atoms with Gasteiger partial charge in [0.25, 0.3) is 0 Å². The number of piperidine rings is 3. The third-order valence-electron chi connectivity index (χ3n) is 6.85. The molecule has 4 saturated heterocycles. The number of nitrogens with one attached hydrogen (secondary N) is 1. The zero-order chi connectivity index (χ0) is 17.1. The summed E-state index contributed by atoms with van der Waals surface area (Å²) in [6.07, 6.45) is 6.43. The van der Waals surface area contributed by atoms with Gasteiger partial charge in [0.05, 0.1) is 6.33 Å². The van der Waals surface area contributed by atoms with E-state index < -0.39 is 0 Å². The molecule has 0 amide bonds. The molecule has 0 saturated carbocycles. The maximum Gasteiger partial charge on any atom is 0.231 e. The van der Waals surface area contributed by atoms with Gasteiger partial charge in [-0.25, -0.2) is 4.98 Å². The van der Waals surface area contributed by atoms with Crippen LogP contribution in [0.25, 0.3) is 0 Å². The number of H-pyrrole nitrogens is 1. The van der Waals surface area contributed by atoms with Crippen LogP contribution in [0, 0.1) is 5.92 Å². The fourth-order valence-electron chi connectivity index (χ4n) is 5.75. The number of benzene rings is 1. The van der Waals surface area contributed by atoms with E-state index in [9.17, 15) is 0 Å². The average molecular weight is 352 g/mol. The highest BCUT2D eigenvalue weighted by molar-refractivity contribution is 5.46. The Bertz CT molecular complexity index is 800. The number of imidazole rings is 1. The lowest BCUT2D eigenvalue weighted by molar-refractivity contribution is -0.00895. The summed E-state index contributed by atoms with van der Waals surface area (Å²) < 4.78 is 11.2. The Balaban J connectivity index is 1.36. The lowest BCUT2D eigenvalue weighted by Gasteiger charge is -2.51. The molecule has 1 N–H and O–H groups in total. The molecule has 0 aliphatic carbocycles. The number of likely N-dealkylation sites (tertiary alicyclic amines) is 1. The van der Waals surface area contributed by atoms with E-state index in [0.29, 0.717) is 24.8 Å². The van der Waals surface area contributed by atoms with Crippen LogP contribution in [0.3, 0.4) is 0 Å². The van der Waals surface area contributed by atoms with Crippen molar-refractivity contribution >= 4 is 0 Å². The molecule has 0 spiro atoms. The second-order valence-electron chi connectivity index (χ2n) is 8.08. The van der Waals surface area contributed by atoms with Crippen molar-refractivity contribution in [2.24, 2.45) is 5.92 Å². The van der Waals surface area contributed by atoms with Gasteiger partial charge < -0.3 is 14.5 Å². The Morgan fingerprint density at radius 3 is 2.85 bits per heavy atom. The van der Waals surface area contributed by atoms with Crippen LogP contribution >= 0.6 is 0 Å². The van der Waals surface area contributed by atoms with Crippen molar-refractivity contribution in [3.63, 3.8) is 0 Å². The second kappa shape index (κ2) is 5.72. The Kier molecular flexibility index (Phi) is 3.31. The van der Waals surface area contributed by atoms with Crippen molar-refractivity contribution in [1.29, 1.82) is 0 Å². The third-order valence-corrected chi connectivity index (χ3v) is 6.85. The number of aromatic nitrogens is 2. The zero-order valence-electron chi connectivity index (χ0n) is 14.8. The fourth-order valence-corrected chi connectivity index (χ4v) is 5.75. The van der Waals surface area contributed by atoms with Gasteiger partial charge in [-0.1, -0.05) is 6.07 Å². The number of ether oxygens (including phenoxy) is 2. The minimum Gasteiger partial charge on any atom is -0.454 e. The fraction of sp³-hybridized carbons (Fsp3) is 0.550. The monoisotopic (exact) mass is 352 g/mol. The minimum atomic E-state index is 0.343. The topological polar surface area (TPSA) is 53.6 Å². The molecule has 0 unspecified atom stereocenters. The van der Waals surface area contributed by atoms with E-state index in [1.54, 1.807) is 6.33 Å². The normalized spacial score (nSPS) is 35.0. The molecule has 4 fully saturated rings. The Labute approximate surface area is 153 Å². The summed E-state index contributed by atoms with van der Waals surface area (Å²) in [7, 11) is 0. The molecule has 3 atom stereocenters. The number of hydrogen-bond acceptors (Lipinski definition) is 5. The minimum absolute atomic E-state index is 0.343. The number of nitrogens with zero attached hydrogens (tertiary/aromatic N) is 3. The van der Waals surface area contributed by atoms with E-state index in [1.165, 1.54) is 37.2 Å². The summed E-state index contributed by atoms with van der Waals surface area (Å²) in [4.78, 5) is 12.9. The first kappa shape index (κ1) is 15.1. The largest absolute Gasteiger partial charge is 0.454 e. The number of rotatable bonds is 3. The molecule has 6 heterocycles. The molecule has 2 aromatic rings. The van der Waals surface area contributed by atoms with Gasteiger partial charge in [-0.2, -0.15) is 0 Å². The van der Waals surface area contributed by atoms with E-state index in [-0.39, 0.29) is 0 Å². The molecule has 26 heavy (non-hydrogen) atoms. The van der Waals surface area contributed by atoms with Crippen LogP contribution in [-0.2, 0) is 6.54 Å². The predicted molar refractivity (Wildman–Crippen MR) is 96.2 cm³/mol. The van der Waals surface area contributed by atoms with Crippen LogP contribution in [-0.4, -0.2) is 58.3 Å². The van der Waals surface area contributed by atoms with E-state index >= 15 is 0 Å². The summed E-state index contributed by atoms with van der Waals surface area (Å²) in [5.74, 6) is 3.14. The predicted octanol–water partition coefficient (Wildman–Crippen LogP) is 2.20. The molecule has 2 bridgehead atoms. The van der Waals surface area contributed by atoms with Crippen molar-refractivity contribution in [3.05, 3.63) is 42.0 Å². The van der Waals surface area contributed by atoms with Gasteiger partial charge in [0, 0.05) is 43.0 Å². The molecular formula is C20H24N4O2. The smallest absolute Gasteiger partial charge is 0.231 e. The van der Waals surface area contributed by atoms with Crippen molar-refractivity contribution < 1.29 is 9.47 Å². The van der Waals surface area contributed by atoms with Crippen LogP contribution in [0.4, 0.5) is 0 Å². The lowest BCUT2D eigenvalue weighted by atomic mass is 9.75. The Morgan fingerprint density at radius 1 is 1.12 bits per heavy atom. The van der Waals surface area contributed by atoms with Crippen LogP contribution in [0.1, 0.15) is 30.0 Å². The summed E-state index contributed by atoms with van der Waals surface area (Å²) in [5.41, 5.74) is 2.61. The highest BCUT2D eigenvalue weighted by Crippen LogP contribution is 2.48.